The number of hydrogen-bond acceptors (Lipinski definition) is 6. The number of imidazole rings is 1. The standard InChI is InChI=1S/C20H20ClN7O/c21-14-4-3-9-23-15(14)7-8-18(29)20-24-13-28(27-20)11-10-22-12-19-25-16-5-1-2-6-17(16)26-19/h1-6,9,13,22H,7-8,10-12H2,(H,25,26). The molecule has 0 aliphatic rings. The quantitative estimate of drug-likeness (QED) is 0.325. The molecular formula is C20H20ClN7O. The number of carbonyl (C=O) groups is 1. The minimum atomic E-state index is -0.124. The predicted molar refractivity (Wildman–Crippen MR) is 110 cm³/mol. The van der Waals surface area contributed by atoms with Crippen LogP contribution in [0.5, 0.6) is 0 Å². The van der Waals surface area contributed by atoms with Crippen LogP contribution < -0.4 is 5.32 Å². The summed E-state index contributed by atoms with van der Waals surface area (Å²) in [6.07, 6.45) is 3.97. The molecule has 4 aromatic rings. The number of ketones is 1. The monoisotopic (exact) mass is 409 g/mol. The Balaban J connectivity index is 1.23. The molecule has 0 saturated carbocycles. The van der Waals surface area contributed by atoms with E-state index >= 15 is 0 Å². The Morgan fingerprint density at radius 3 is 2.93 bits per heavy atom. The van der Waals surface area contributed by atoms with E-state index in [9.17, 15) is 4.79 Å². The first-order valence-electron chi connectivity index (χ1n) is 9.35. The first-order chi connectivity index (χ1) is 14.2. The van der Waals surface area contributed by atoms with Crippen molar-refractivity contribution < 1.29 is 4.79 Å². The zero-order valence-corrected chi connectivity index (χ0v) is 16.4. The van der Waals surface area contributed by atoms with Gasteiger partial charge in [0.1, 0.15) is 12.2 Å². The summed E-state index contributed by atoms with van der Waals surface area (Å²) in [5.41, 5.74) is 2.68. The number of aromatic nitrogens is 6. The van der Waals surface area contributed by atoms with E-state index in [0.717, 1.165) is 16.9 Å². The second-order valence-electron chi connectivity index (χ2n) is 6.56. The molecule has 0 radical (unpaired) electrons. The fourth-order valence-corrected chi connectivity index (χ4v) is 3.18. The molecule has 3 aromatic heterocycles. The van der Waals surface area contributed by atoms with Gasteiger partial charge in [0, 0.05) is 19.2 Å². The third kappa shape index (κ3) is 4.85. The minimum Gasteiger partial charge on any atom is -0.341 e. The number of pyridine rings is 1. The lowest BCUT2D eigenvalue weighted by Gasteiger charge is -2.02. The molecule has 29 heavy (non-hydrogen) atoms. The second-order valence-corrected chi connectivity index (χ2v) is 6.97. The van der Waals surface area contributed by atoms with E-state index in [2.05, 4.69) is 30.4 Å². The zero-order chi connectivity index (χ0) is 20.1. The lowest BCUT2D eigenvalue weighted by Crippen LogP contribution is -2.20. The Kier molecular flexibility index (Phi) is 5.92. The van der Waals surface area contributed by atoms with Crippen molar-refractivity contribution >= 4 is 28.4 Å². The van der Waals surface area contributed by atoms with Crippen molar-refractivity contribution in [3.05, 3.63) is 71.3 Å². The van der Waals surface area contributed by atoms with Crippen LogP contribution in [0.2, 0.25) is 5.02 Å². The first-order valence-corrected chi connectivity index (χ1v) is 9.73. The highest BCUT2D eigenvalue weighted by molar-refractivity contribution is 6.31. The van der Waals surface area contributed by atoms with E-state index in [1.54, 1.807) is 29.3 Å². The fraction of sp³-hybridized carbons (Fsp3) is 0.250. The smallest absolute Gasteiger partial charge is 0.217 e. The van der Waals surface area contributed by atoms with E-state index in [1.807, 2.05) is 24.3 Å². The maximum Gasteiger partial charge on any atom is 0.217 e. The lowest BCUT2D eigenvalue weighted by molar-refractivity contribution is 0.0972. The molecule has 148 valence electrons. The highest BCUT2D eigenvalue weighted by atomic mass is 35.5. The summed E-state index contributed by atoms with van der Waals surface area (Å²) < 4.78 is 1.66. The second kappa shape index (κ2) is 8.93. The molecular weight excluding hydrogens is 390 g/mol. The van der Waals surface area contributed by atoms with Gasteiger partial charge in [0.25, 0.3) is 0 Å². The van der Waals surface area contributed by atoms with E-state index in [0.29, 0.717) is 36.8 Å². The summed E-state index contributed by atoms with van der Waals surface area (Å²) in [4.78, 5) is 28.4. The highest BCUT2D eigenvalue weighted by Crippen LogP contribution is 2.14. The van der Waals surface area contributed by atoms with Gasteiger partial charge in [-0.25, -0.2) is 9.97 Å². The molecule has 9 heteroatoms. The van der Waals surface area contributed by atoms with Gasteiger partial charge in [0.2, 0.25) is 11.6 Å². The summed E-state index contributed by atoms with van der Waals surface area (Å²) in [5.74, 6) is 0.976. The van der Waals surface area contributed by atoms with Crippen LogP contribution in [0.25, 0.3) is 11.0 Å². The molecule has 0 saturated heterocycles. The van der Waals surface area contributed by atoms with E-state index in [1.165, 1.54) is 0 Å². The average molecular weight is 410 g/mol. The van der Waals surface area contributed by atoms with Crippen LogP contribution in [0.3, 0.4) is 0 Å². The number of benzene rings is 1. The third-order valence-electron chi connectivity index (χ3n) is 4.46. The van der Waals surface area contributed by atoms with Crippen molar-refractivity contribution in [1.82, 2.24) is 35.0 Å². The number of fused-ring (bicyclic) bond motifs is 1. The Morgan fingerprint density at radius 1 is 1.17 bits per heavy atom. The third-order valence-corrected chi connectivity index (χ3v) is 4.80. The van der Waals surface area contributed by atoms with E-state index in [-0.39, 0.29) is 18.0 Å². The van der Waals surface area contributed by atoms with Gasteiger partial charge in [-0.05, 0) is 30.7 Å². The molecule has 0 spiro atoms. The zero-order valence-electron chi connectivity index (χ0n) is 15.7. The SMILES string of the molecule is O=C(CCc1ncccc1Cl)c1ncn(CCNCc2nc3ccccc3[nH]2)n1. The maximum atomic E-state index is 12.3. The number of nitrogens with zero attached hydrogens (tertiary/aromatic N) is 5. The normalized spacial score (nSPS) is 11.2. The number of H-pyrrole nitrogens is 1. The number of aryl methyl sites for hydroxylation is 1. The van der Waals surface area contributed by atoms with Gasteiger partial charge in [0.05, 0.1) is 34.8 Å². The molecule has 0 amide bonds. The van der Waals surface area contributed by atoms with Gasteiger partial charge in [-0.2, -0.15) is 0 Å². The highest BCUT2D eigenvalue weighted by Gasteiger charge is 2.13. The Hall–Kier alpha value is -3.10. The fourth-order valence-electron chi connectivity index (χ4n) is 2.97. The molecule has 0 atom stereocenters. The number of aromatic amines is 1. The average Bonchev–Trinajstić information content (AvgIpc) is 3.37. The van der Waals surface area contributed by atoms with Crippen LogP contribution in [0.15, 0.2) is 48.9 Å². The van der Waals surface area contributed by atoms with Gasteiger partial charge in [0.15, 0.2) is 0 Å². The van der Waals surface area contributed by atoms with Gasteiger partial charge in [-0.15, -0.1) is 5.10 Å². The number of hydrogen-bond donors (Lipinski definition) is 2. The molecule has 0 fully saturated rings. The summed E-state index contributed by atoms with van der Waals surface area (Å²) in [5, 5.41) is 8.14. The molecule has 0 aliphatic heterocycles. The number of rotatable bonds is 9. The van der Waals surface area contributed by atoms with Gasteiger partial charge >= 0.3 is 0 Å². The molecule has 8 nitrogen and oxygen atoms in total. The van der Waals surface area contributed by atoms with Crippen LogP contribution in [0.4, 0.5) is 0 Å². The first kappa shape index (κ1) is 19.2. The van der Waals surface area contributed by atoms with Crippen molar-refractivity contribution in [3.63, 3.8) is 0 Å². The lowest BCUT2D eigenvalue weighted by atomic mass is 10.1. The summed E-state index contributed by atoms with van der Waals surface area (Å²) >= 11 is 6.07. The topological polar surface area (TPSA) is 101 Å². The van der Waals surface area contributed by atoms with Crippen LogP contribution in [-0.2, 0) is 19.5 Å². The van der Waals surface area contributed by atoms with Gasteiger partial charge in [-0.1, -0.05) is 23.7 Å². The number of nitrogens with one attached hydrogen (secondary N) is 2. The molecule has 0 aliphatic carbocycles. The molecule has 2 N–H and O–H groups in total. The van der Waals surface area contributed by atoms with Crippen molar-refractivity contribution in [3.8, 4) is 0 Å². The van der Waals surface area contributed by atoms with Crippen molar-refractivity contribution in [1.29, 1.82) is 0 Å². The Bertz CT molecular complexity index is 1090. The Morgan fingerprint density at radius 2 is 2.07 bits per heavy atom. The summed E-state index contributed by atoms with van der Waals surface area (Å²) in [6.45, 7) is 1.91. The van der Waals surface area contributed by atoms with E-state index < -0.39 is 0 Å². The van der Waals surface area contributed by atoms with Crippen LogP contribution in [0, 0.1) is 0 Å². The molecule has 0 bridgehead atoms. The van der Waals surface area contributed by atoms with Crippen LogP contribution in [0.1, 0.15) is 28.6 Å². The maximum absolute atomic E-state index is 12.3. The number of Topliss-reactive ketones (excluding diaryl/α,β-unsaturated/α-hetero) is 1. The van der Waals surface area contributed by atoms with Gasteiger partial charge in [-0.3, -0.25) is 14.5 Å². The molecule has 3 heterocycles. The summed E-state index contributed by atoms with van der Waals surface area (Å²) in [7, 11) is 0. The molecule has 1 aromatic carbocycles. The van der Waals surface area contributed by atoms with Crippen molar-refractivity contribution in [2.75, 3.05) is 6.54 Å². The van der Waals surface area contributed by atoms with Crippen LogP contribution in [-0.4, -0.2) is 42.0 Å². The van der Waals surface area contributed by atoms with E-state index in [4.69, 9.17) is 11.6 Å². The number of carbonyl (C=O) groups excluding carboxylic acids is 1. The van der Waals surface area contributed by atoms with Crippen molar-refractivity contribution in [2.24, 2.45) is 0 Å². The molecule has 0 unspecified atom stereocenters. The number of halogens is 1. The summed E-state index contributed by atoms with van der Waals surface area (Å²) in [6, 6.07) is 11.5. The van der Waals surface area contributed by atoms with Crippen LogP contribution >= 0.6 is 11.6 Å². The minimum absolute atomic E-state index is 0.124. The van der Waals surface area contributed by atoms with Gasteiger partial charge < -0.3 is 10.3 Å². The Labute approximate surface area is 172 Å². The predicted octanol–water partition coefficient (Wildman–Crippen LogP) is 2.81. The largest absolute Gasteiger partial charge is 0.341 e. The number of para-hydroxylation sites is 2. The molecule has 4 rings (SSSR count). The van der Waals surface area contributed by atoms with Crippen molar-refractivity contribution in [2.45, 2.75) is 25.9 Å².